The molecule has 3 amide bonds. The van der Waals surface area contributed by atoms with Crippen LogP contribution in [0, 0.1) is 13.8 Å². The lowest BCUT2D eigenvalue weighted by Gasteiger charge is -2.31. The molecule has 4 aromatic carbocycles. The second-order valence-electron chi connectivity index (χ2n) is 8.70. The number of nitrogens with zero attached hydrogens (tertiary/aromatic N) is 2. The van der Waals surface area contributed by atoms with Gasteiger partial charge in [-0.3, -0.25) is 19.3 Å². The van der Waals surface area contributed by atoms with Gasteiger partial charge in [0.2, 0.25) is 0 Å². The number of carbonyl (C=O) groups excluding carboxylic acids is 3. The minimum atomic E-state index is -0.348. The third-order valence-corrected chi connectivity index (χ3v) is 7.09. The Bertz CT molecular complexity index is 1470. The molecule has 1 heterocycles. The van der Waals surface area contributed by atoms with E-state index in [1.165, 1.54) is 4.90 Å². The maximum Gasteiger partial charge on any atom is 0.261 e. The fourth-order valence-electron chi connectivity index (χ4n) is 4.69. The zero-order valence-corrected chi connectivity index (χ0v) is 21.0. The van der Waals surface area contributed by atoms with E-state index >= 15 is 0 Å². The van der Waals surface area contributed by atoms with E-state index in [1.54, 1.807) is 29.2 Å². The van der Waals surface area contributed by atoms with Gasteiger partial charge < -0.3 is 4.90 Å². The topological polar surface area (TPSA) is 57.7 Å². The molecule has 0 aliphatic carbocycles. The summed E-state index contributed by atoms with van der Waals surface area (Å²) in [6.45, 7) is 4.22. The number of hydrogen-bond donors (Lipinski definition) is 0. The lowest BCUT2D eigenvalue weighted by Crippen LogP contribution is -2.46. The predicted molar refractivity (Wildman–Crippen MR) is 141 cm³/mol. The van der Waals surface area contributed by atoms with Crippen molar-refractivity contribution in [1.82, 2.24) is 4.90 Å². The molecule has 6 heteroatoms. The van der Waals surface area contributed by atoms with Crippen molar-refractivity contribution in [3.05, 3.63) is 111 Å². The Labute approximate surface area is 212 Å². The second-order valence-corrected chi connectivity index (χ2v) is 9.55. The lowest BCUT2D eigenvalue weighted by molar-refractivity contribution is 0.0611. The number of hydrogen-bond acceptors (Lipinski definition) is 3. The summed E-state index contributed by atoms with van der Waals surface area (Å²) in [7, 11) is 0. The second kappa shape index (κ2) is 9.12. The Morgan fingerprint density at radius 3 is 2.29 bits per heavy atom. The predicted octanol–water partition coefficient (Wildman–Crippen LogP) is 6.16. The van der Waals surface area contributed by atoms with Crippen LogP contribution in [0.15, 0.2) is 83.3 Å². The number of carbonyl (C=O) groups is 3. The molecule has 0 bridgehead atoms. The normalized spacial score (nSPS) is 12.8. The van der Waals surface area contributed by atoms with Crippen LogP contribution in [0.25, 0.3) is 10.8 Å². The highest BCUT2D eigenvalue weighted by molar-refractivity contribution is 9.10. The van der Waals surface area contributed by atoms with Crippen molar-refractivity contribution in [2.75, 3.05) is 18.0 Å². The molecule has 5 nitrogen and oxygen atoms in total. The quantitative estimate of drug-likeness (QED) is 0.292. The van der Waals surface area contributed by atoms with Gasteiger partial charge in [0, 0.05) is 45.3 Å². The maximum absolute atomic E-state index is 13.5. The van der Waals surface area contributed by atoms with Gasteiger partial charge >= 0.3 is 0 Å². The van der Waals surface area contributed by atoms with Crippen LogP contribution in [0.5, 0.6) is 0 Å². The van der Waals surface area contributed by atoms with Crippen LogP contribution in [0.3, 0.4) is 0 Å². The molecule has 1 aliphatic rings. The summed E-state index contributed by atoms with van der Waals surface area (Å²) in [5, 5.41) is 1.50. The number of amides is 3. The SMILES string of the molecule is Cc1ccc(N(CCN2C(=O)c3cccc4c(Br)ccc(c34)C2=O)C(=O)c2ccccc2)c(C)c1. The summed E-state index contributed by atoms with van der Waals surface area (Å²) < 4.78 is 0.835. The van der Waals surface area contributed by atoms with E-state index in [0.29, 0.717) is 22.1 Å². The number of benzene rings is 4. The van der Waals surface area contributed by atoms with Crippen molar-refractivity contribution in [2.45, 2.75) is 13.8 Å². The molecular weight excluding hydrogens is 504 g/mol. The molecule has 0 saturated heterocycles. The first-order valence-corrected chi connectivity index (χ1v) is 12.2. The Morgan fingerprint density at radius 1 is 0.857 bits per heavy atom. The van der Waals surface area contributed by atoms with Gasteiger partial charge in [-0.05, 0) is 61.2 Å². The first-order chi connectivity index (χ1) is 16.9. The summed E-state index contributed by atoms with van der Waals surface area (Å²) in [6, 6.07) is 24.0. The fraction of sp³-hybridized carbons (Fsp3) is 0.138. The molecule has 5 rings (SSSR count). The molecule has 174 valence electrons. The highest BCUT2D eigenvalue weighted by Crippen LogP contribution is 2.34. The van der Waals surface area contributed by atoms with Crippen LogP contribution >= 0.6 is 15.9 Å². The van der Waals surface area contributed by atoms with Gasteiger partial charge in [-0.2, -0.15) is 0 Å². The van der Waals surface area contributed by atoms with E-state index in [1.807, 2.05) is 68.4 Å². The lowest BCUT2D eigenvalue weighted by atomic mass is 9.94. The average Bonchev–Trinajstić information content (AvgIpc) is 2.86. The maximum atomic E-state index is 13.5. The largest absolute Gasteiger partial charge is 0.306 e. The molecule has 35 heavy (non-hydrogen) atoms. The molecular formula is C29H23BrN2O3. The van der Waals surface area contributed by atoms with Crippen LogP contribution in [0.1, 0.15) is 42.2 Å². The number of halogens is 1. The number of imide groups is 1. The van der Waals surface area contributed by atoms with Crippen LogP contribution in [0.2, 0.25) is 0 Å². The summed E-state index contributed by atoms with van der Waals surface area (Å²) in [6.07, 6.45) is 0. The van der Waals surface area contributed by atoms with E-state index in [0.717, 1.165) is 26.7 Å². The molecule has 0 unspecified atom stereocenters. The summed E-state index contributed by atoms with van der Waals surface area (Å²) in [5.74, 6) is -0.876. The number of anilines is 1. The number of rotatable bonds is 5. The highest BCUT2D eigenvalue weighted by atomic mass is 79.9. The van der Waals surface area contributed by atoms with Gasteiger partial charge in [0.15, 0.2) is 0 Å². The molecule has 0 atom stereocenters. The first-order valence-electron chi connectivity index (χ1n) is 11.4. The zero-order valence-electron chi connectivity index (χ0n) is 19.4. The molecule has 1 aliphatic heterocycles. The van der Waals surface area contributed by atoms with Crippen LogP contribution in [-0.4, -0.2) is 35.7 Å². The summed E-state index contributed by atoms with van der Waals surface area (Å²) in [4.78, 5) is 43.3. The minimum absolute atomic E-state index is 0.0788. The fourth-order valence-corrected chi connectivity index (χ4v) is 5.15. The van der Waals surface area contributed by atoms with E-state index < -0.39 is 0 Å². The smallest absolute Gasteiger partial charge is 0.261 e. The van der Waals surface area contributed by atoms with Crippen molar-refractivity contribution < 1.29 is 14.4 Å². The Hall–Kier alpha value is -3.77. The zero-order chi connectivity index (χ0) is 24.7. The van der Waals surface area contributed by atoms with Gasteiger partial charge in [-0.25, -0.2) is 0 Å². The Morgan fingerprint density at radius 2 is 1.57 bits per heavy atom. The van der Waals surface area contributed by atoms with Gasteiger partial charge in [-0.15, -0.1) is 0 Å². The van der Waals surface area contributed by atoms with Crippen LogP contribution in [0.4, 0.5) is 5.69 Å². The van der Waals surface area contributed by atoms with Crippen molar-refractivity contribution >= 4 is 50.1 Å². The first kappa shape index (κ1) is 23.0. The van der Waals surface area contributed by atoms with Gasteiger partial charge in [0.05, 0.1) is 0 Å². The van der Waals surface area contributed by atoms with Crippen LogP contribution < -0.4 is 4.90 Å². The van der Waals surface area contributed by atoms with Crippen molar-refractivity contribution in [2.24, 2.45) is 0 Å². The molecule has 0 aromatic heterocycles. The van der Waals surface area contributed by atoms with Crippen molar-refractivity contribution in [1.29, 1.82) is 0 Å². The molecule has 0 spiro atoms. The monoisotopic (exact) mass is 526 g/mol. The van der Waals surface area contributed by atoms with Gasteiger partial charge in [0.25, 0.3) is 17.7 Å². The highest BCUT2D eigenvalue weighted by Gasteiger charge is 2.34. The average molecular weight is 527 g/mol. The number of aryl methyl sites for hydroxylation is 2. The molecule has 0 N–H and O–H groups in total. The van der Waals surface area contributed by atoms with Crippen molar-refractivity contribution in [3.8, 4) is 0 Å². The standard InChI is InChI=1S/C29H23BrN2O3/c1-18-11-14-25(19(2)17-18)31(27(33)20-7-4-3-5-8-20)15-16-32-28(34)22-10-6-9-21-24(30)13-12-23(26(21)22)29(32)35/h3-14,17H,15-16H2,1-2H3. The van der Waals surface area contributed by atoms with E-state index in [2.05, 4.69) is 15.9 Å². The minimum Gasteiger partial charge on any atom is -0.306 e. The third-order valence-electron chi connectivity index (χ3n) is 6.39. The van der Waals surface area contributed by atoms with E-state index in [4.69, 9.17) is 0 Å². The summed E-state index contributed by atoms with van der Waals surface area (Å²) >= 11 is 3.52. The Kier molecular flexibility index (Phi) is 5.99. The van der Waals surface area contributed by atoms with Crippen molar-refractivity contribution in [3.63, 3.8) is 0 Å². The Balaban J connectivity index is 1.50. The van der Waals surface area contributed by atoms with Gasteiger partial charge in [0.1, 0.15) is 0 Å². The van der Waals surface area contributed by atoms with Crippen LogP contribution in [-0.2, 0) is 0 Å². The van der Waals surface area contributed by atoms with E-state index in [-0.39, 0.29) is 30.8 Å². The molecule has 0 fully saturated rings. The molecule has 4 aromatic rings. The molecule has 0 saturated carbocycles. The van der Waals surface area contributed by atoms with Gasteiger partial charge in [-0.1, -0.05) is 64.0 Å². The van der Waals surface area contributed by atoms with E-state index in [9.17, 15) is 14.4 Å². The summed E-state index contributed by atoms with van der Waals surface area (Å²) in [5.41, 5.74) is 4.33. The third kappa shape index (κ3) is 4.04. The molecule has 0 radical (unpaired) electrons.